The van der Waals surface area contributed by atoms with Gasteiger partial charge in [0.2, 0.25) is 0 Å². The Bertz CT molecular complexity index is 612. The molecule has 1 unspecified atom stereocenters. The second-order valence-electron chi connectivity index (χ2n) is 4.82. The van der Waals surface area contributed by atoms with Crippen LogP contribution in [-0.4, -0.2) is 24.7 Å². The van der Waals surface area contributed by atoms with Crippen LogP contribution in [0.25, 0.3) is 11.1 Å². The number of hydrogen-bond acceptors (Lipinski definition) is 4. The highest BCUT2D eigenvalue weighted by Gasteiger charge is 2.16. The average molecular weight is 290 g/mol. The average Bonchev–Trinajstić information content (AvgIpc) is 2.47. The number of rotatable bonds is 2. The first kappa shape index (κ1) is 13.4. The Morgan fingerprint density at radius 3 is 2.90 bits per heavy atom. The smallest absolute Gasteiger partial charge is 0.123 e. The molecule has 3 N–H and O–H groups in total. The van der Waals surface area contributed by atoms with E-state index in [-0.39, 0.29) is 6.04 Å². The predicted molar refractivity (Wildman–Crippen MR) is 80.7 cm³/mol. The van der Waals surface area contributed by atoms with Crippen molar-refractivity contribution >= 4 is 17.4 Å². The standard InChI is InChI=1S/C15H16ClN3O/c16-13-6-11(10-1-2-19-15(17)8-10)5-12(7-13)14-9-20-4-3-18-14/h1-2,5-8,14,18H,3-4,9H2,(H2,17,19). The molecule has 0 bridgehead atoms. The molecule has 2 heterocycles. The van der Waals surface area contributed by atoms with Crippen LogP contribution in [0.3, 0.4) is 0 Å². The van der Waals surface area contributed by atoms with Crippen molar-refractivity contribution in [2.24, 2.45) is 0 Å². The summed E-state index contributed by atoms with van der Waals surface area (Å²) in [6.45, 7) is 2.28. The Hall–Kier alpha value is -1.62. The third-order valence-corrected chi connectivity index (χ3v) is 3.58. The van der Waals surface area contributed by atoms with E-state index in [9.17, 15) is 0 Å². The van der Waals surface area contributed by atoms with Crippen molar-refractivity contribution in [3.63, 3.8) is 0 Å². The molecule has 104 valence electrons. The summed E-state index contributed by atoms with van der Waals surface area (Å²) >= 11 is 6.24. The molecule has 20 heavy (non-hydrogen) atoms. The topological polar surface area (TPSA) is 60.2 Å². The zero-order valence-corrected chi connectivity index (χ0v) is 11.7. The van der Waals surface area contributed by atoms with Crippen molar-refractivity contribution in [2.75, 3.05) is 25.5 Å². The van der Waals surface area contributed by atoms with E-state index in [1.54, 1.807) is 6.20 Å². The van der Waals surface area contributed by atoms with Crippen LogP contribution in [0.15, 0.2) is 36.5 Å². The molecule has 1 atom stereocenters. The fourth-order valence-electron chi connectivity index (χ4n) is 2.39. The summed E-state index contributed by atoms with van der Waals surface area (Å²) in [4.78, 5) is 4.01. The molecule has 2 aromatic rings. The van der Waals surface area contributed by atoms with Gasteiger partial charge >= 0.3 is 0 Å². The van der Waals surface area contributed by atoms with Crippen molar-refractivity contribution in [1.82, 2.24) is 10.3 Å². The van der Waals surface area contributed by atoms with Gasteiger partial charge in [0.1, 0.15) is 5.82 Å². The van der Waals surface area contributed by atoms with Gasteiger partial charge in [0.25, 0.3) is 0 Å². The lowest BCUT2D eigenvalue weighted by molar-refractivity contribution is 0.0769. The predicted octanol–water partition coefficient (Wildman–Crippen LogP) is 2.65. The van der Waals surface area contributed by atoms with Crippen LogP contribution >= 0.6 is 11.6 Å². The summed E-state index contributed by atoms with van der Waals surface area (Å²) in [5.41, 5.74) is 8.91. The van der Waals surface area contributed by atoms with Crippen molar-refractivity contribution in [1.29, 1.82) is 0 Å². The maximum Gasteiger partial charge on any atom is 0.123 e. The monoisotopic (exact) mass is 289 g/mol. The number of nitrogens with two attached hydrogens (primary N) is 1. The summed E-state index contributed by atoms with van der Waals surface area (Å²) in [6, 6.07) is 9.98. The summed E-state index contributed by atoms with van der Waals surface area (Å²) in [7, 11) is 0. The van der Waals surface area contributed by atoms with Gasteiger partial charge in [-0.2, -0.15) is 0 Å². The van der Waals surface area contributed by atoms with Crippen LogP contribution in [0.2, 0.25) is 5.02 Å². The number of anilines is 1. The zero-order chi connectivity index (χ0) is 13.9. The second-order valence-corrected chi connectivity index (χ2v) is 5.26. The first-order chi connectivity index (χ1) is 9.72. The highest BCUT2D eigenvalue weighted by atomic mass is 35.5. The van der Waals surface area contributed by atoms with Gasteiger partial charge in [-0.3, -0.25) is 0 Å². The molecular formula is C15H16ClN3O. The number of nitrogens with one attached hydrogen (secondary N) is 1. The van der Waals surface area contributed by atoms with Crippen LogP contribution in [0.1, 0.15) is 11.6 Å². The van der Waals surface area contributed by atoms with E-state index in [2.05, 4.69) is 16.4 Å². The summed E-state index contributed by atoms with van der Waals surface area (Å²) in [5.74, 6) is 0.503. The van der Waals surface area contributed by atoms with Crippen molar-refractivity contribution in [2.45, 2.75) is 6.04 Å². The maximum absolute atomic E-state index is 6.24. The van der Waals surface area contributed by atoms with Crippen LogP contribution in [0.4, 0.5) is 5.82 Å². The number of benzene rings is 1. The lowest BCUT2D eigenvalue weighted by Crippen LogP contribution is -2.34. The fraction of sp³-hybridized carbons (Fsp3) is 0.267. The van der Waals surface area contributed by atoms with Crippen LogP contribution < -0.4 is 11.1 Å². The quantitative estimate of drug-likeness (QED) is 0.892. The number of ether oxygens (including phenoxy) is 1. The van der Waals surface area contributed by atoms with E-state index in [4.69, 9.17) is 22.1 Å². The third-order valence-electron chi connectivity index (χ3n) is 3.36. The zero-order valence-electron chi connectivity index (χ0n) is 11.0. The molecule has 0 aliphatic carbocycles. The van der Waals surface area contributed by atoms with E-state index in [1.165, 1.54) is 0 Å². The number of morpholine rings is 1. The summed E-state index contributed by atoms with van der Waals surface area (Å²) in [5, 5.41) is 4.14. The van der Waals surface area contributed by atoms with Gasteiger partial charge in [-0.25, -0.2) is 4.98 Å². The Balaban J connectivity index is 1.97. The number of nitrogen functional groups attached to an aromatic ring is 1. The molecule has 1 aliphatic heterocycles. The van der Waals surface area contributed by atoms with Gasteiger partial charge in [-0.1, -0.05) is 11.6 Å². The normalized spacial score (nSPS) is 18.9. The van der Waals surface area contributed by atoms with E-state index in [1.807, 2.05) is 24.3 Å². The van der Waals surface area contributed by atoms with Crippen molar-refractivity contribution in [3.8, 4) is 11.1 Å². The molecule has 5 heteroatoms. The van der Waals surface area contributed by atoms with E-state index in [0.717, 1.165) is 29.8 Å². The highest BCUT2D eigenvalue weighted by molar-refractivity contribution is 6.31. The molecule has 3 rings (SSSR count). The van der Waals surface area contributed by atoms with Gasteiger partial charge < -0.3 is 15.8 Å². The van der Waals surface area contributed by atoms with Crippen LogP contribution in [-0.2, 0) is 4.74 Å². The number of hydrogen-bond donors (Lipinski definition) is 2. The van der Waals surface area contributed by atoms with Gasteiger partial charge in [0.05, 0.1) is 19.3 Å². The van der Waals surface area contributed by atoms with Crippen molar-refractivity contribution < 1.29 is 4.74 Å². The lowest BCUT2D eigenvalue weighted by Gasteiger charge is -2.24. The number of aromatic nitrogens is 1. The minimum Gasteiger partial charge on any atom is -0.384 e. The summed E-state index contributed by atoms with van der Waals surface area (Å²) < 4.78 is 5.51. The minimum absolute atomic E-state index is 0.181. The largest absolute Gasteiger partial charge is 0.384 e. The van der Waals surface area contributed by atoms with Gasteiger partial charge in [0.15, 0.2) is 0 Å². The molecule has 0 spiro atoms. The molecule has 0 radical (unpaired) electrons. The number of halogens is 1. The Morgan fingerprint density at radius 1 is 1.25 bits per heavy atom. The van der Waals surface area contributed by atoms with Crippen LogP contribution in [0.5, 0.6) is 0 Å². The molecule has 0 amide bonds. The second kappa shape index (κ2) is 5.79. The minimum atomic E-state index is 0.181. The molecular weight excluding hydrogens is 274 g/mol. The number of nitrogens with zero attached hydrogens (tertiary/aromatic N) is 1. The van der Waals surface area contributed by atoms with E-state index >= 15 is 0 Å². The molecule has 4 nitrogen and oxygen atoms in total. The maximum atomic E-state index is 6.24. The van der Waals surface area contributed by atoms with Crippen molar-refractivity contribution in [3.05, 3.63) is 47.1 Å². The molecule has 1 aromatic carbocycles. The Morgan fingerprint density at radius 2 is 2.15 bits per heavy atom. The third kappa shape index (κ3) is 2.93. The Kier molecular flexibility index (Phi) is 3.87. The summed E-state index contributed by atoms with van der Waals surface area (Å²) in [6.07, 6.45) is 1.70. The molecule has 1 aromatic heterocycles. The fourth-order valence-corrected chi connectivity index (χ4v) is 2.63. The SMILES string of the molecule is Nc1cc(-c2cc(Cl)cc(C3COCCN3)c2)ccn1. The number of pyridine rings is 1. The molecule has 0 saturated carbocycles. The first-order valence-electron chi connectivity index (χ1n) is 6.56. The van der Waals surface area contributed by atoms with Gasteiger partial charge in [-0.05, 0) is 47.0 Å². The lowest BCUT2D eigenvalue weighted by atomic mass is 10.00. The van der Waals surface area contributed by atoms with Crippen LogP contribution in [0, 0.1) is 0 Å². The van der Waals surface area contributed by atoms with E-state index in [0.29, 0.717) is 17.4 Å². The molecule has 1 fully saturated rings. The highest BCUT2D eigenvalue weighted by Crippen LogP contribution is 2.28. The van der Waals surface area contributed by atoms with Gasteiger partial charge in [0, 0.05) is 17.8 Å². The van der Waals surface area contributed by atoms with Gasteiger partial charge in [-0.15, -0.1) is 0 Å². The molecule has 1 saturated heterocycles. The van der Waals surface area contributed by atoms with E-state index < -0.39 is 0 Å². The molecule has 1 aliphatic rings. The first-order valence-corrected chi connectivity index (χ1v) is 6.94. The Labute approximate surface area is 122 Å².